The minimum absolute atomic E-state index is 0.0347. The molecule has 1 heterocycles. The van der Waals surface area contributed by atoms with E-state index in [0.29, 0.717) is 5.52 Å². The number of non-ortho nitro benzene ring substituents is 1. The largest absolute Gasteiger partial charge is 0.358 e. The summed E-state index contributed by atoms with van der Waals surface area (Å²) in [5.74, 6) is -0.595. The summed E-state index contributed by atoms with van der Waals surface area (Å²) >= 11 is 0. The van der Waals surface area contributed by atoms with Gasteiger partial charge in [0.25, 0.3) is 5.69 Å². The van der Waals surface area contributed by atoms with E-state index in [4.69, 9.17) is 0 Å². The maximum Gasteiger partial charge on any atom is 0.281 e. The minimum atomic E-state index is -0.598. The average Bonchev–Trinajstić information content (AvgIpc) is 2.48. The van der Waals surface area contributed by atoms with Gasteiger partial charge in [-0.3, -0.25) is 10.1 Å². The van der Waals surface area contributed by atoms with Crippen LogP contribution in [0.4, 0.5) is 10.1 Å². The first-order valence-corrected chi connectivity index (χ1v) is 3.60. The number of nitrogens with zero attached hydrogens (tertiary/aromatic N) is 1. The van der Waals surface area contributed by atoms with Gasteiger partial charge in [0.15, 0.2) is 5.82 Å². The zero-order valence-corrected chi connectivity index (χ0v) is 6.45. The Balaban J connectivity index is 2.88. The van der Waals surface area contributed by atoms with E-state index in [1.54, 1.807) is 6.07 Å². The molecule has 1 aromatic heterocycles. The lowest BCUT2D eigenvalue weighted by atomic mass is 10.2. The molecule has 1 aromatic carbocycles. The number of nitro groups is 1. The van der Waals surface area contributed by atoms with E-state index in [1.807, 2.05) is 0 Å². The van der Waals surface area contributed by atoms with Gasteiger partial charge in [0, 0.05) is 12.3 Å². The molecule has 1 N–H and O–H groups in total. The van der Waals surface area contributed by atoms with Crippen LogP contribution in [0.2, 0.25) is 0 Å². The van der Waals surface area contributed by atoms with Gasteiger partial charge in [-0.1, -0.05) is 6.07 Å². The molecule has 66 valence electrons. The highest BCUT2D eigenvalue weighted by molar-refractivity contribution is 5.89. The van der Waals surface area contributed by atoms with E-state index < -0.39 is 10.7 Å². The Morgan fingerprint density at radius 1 is 1.46 bits per heavy atom. The molecule has 0 amide bonds. The van der Waals surface area contributed by atoms with Crippen molar-refractivity contribution >= 4 is 16.6 Å². The molecule has 13 heavy (non-hydrogen) atoms. The van der Waals surface area contributed by atoms with Crippen LogP contribution in [0.1, 0.15) is 0 Å². The van der Waals surface area contributed by atoms with Crippen molar-refractivity contribution in [1.82, 2.24) is 4.98 Å². The standard InChI is InChI=1S/C8H5FN2O2/c9-5-4-10-6-2-1-3-7(8(5)6)11(12)13/h1-4,10H. The number of benzene rings is 1. The van der Waals surface area contributed by atoms with E-state index in [2.05, 4.69) is 4.98 Å². The topological polar surface area (TPSA) is 58.9 Å². The number of fused-ring (bicyclic) bond motifs is 1. The summed E-state index contributed by atoms with van der Waals surface area (Å²) in [6.45, 7) is 0. The Bertz CT molecular complexity index is 478. The molecule has 0 fully saturated rings. The Kier molecular flexibility index (Phi) is 1.51. The van der Waals surface area contributed by atoms with Crippen LogP contribution in [0.25, 0.3) is 10.9 Å². The third kappa shape index (κ3) is 1.05. The molecule has 5 heteroatoms. The first-order valence-electron chi connectivity index (χ1n) is 3.60. The van der Waals surface area contributed by atoms with Crippen LogP contribution in [0.3, 0.4) is 0 Å². The van der Waals surface area contributed by atoms with Crippen LogP contribution in [0.15, 0.2) is 24.4 Å². The molecule has 0 unspecified atom stereocenters. The van der Waals surface area contributed by atoms with Crippen molar-refractivity contribution in [2.24, 2.45) is 0 Å². The van der Waals surface area contributed by atoms with Crippen LogP contribution < -0.4 is 0 Å². The number of halogens is 1. The molecule has 0 atom stereocenters. The second-order valence-electron chi connectivity index (χ2n) is 2.59. The van der Waals surface area contributed by atoms with Crippen LogP contribution in [-0.2, 0) is 0 Å². The predicted octanol–water partition coefficient (Wildman–Crippen LogP) is 2.22. The Morgan fingerprint density at radius 3 is 2.92 bits per heavy atom. The number of hydrogen-bond donors (Lipinski definition) is 1. The van der Waals surface area contributed by atoms with Gasteiger partial charge in [0.05, 0.1) is 10.4 Å². The molecule has 0 aliphatic rings. The Morgan fingerprint density at radius 2 is 2.23 bits per heavy atom. The molecule has 0 radical (unpaired) electrons. The second kappa shape index (κ2) is 2.55. The van der Waals surface area contributed by atoms with Crippen LogP contribution >= 0.6 is 0 Å². The van der Waals surface area contributed by atoms with E-state index >= 15 is 0 Å². The zero-order valence-electron chi connectivity index (χ0n) is 6.45. The van der Waals surface area contributed by atoms with Gasteiger partial charge < -0.3 is 4.98 Å². The highest BCUT2D eigenvalue weighted by atomic mass is 19.1. The molecular weight excluding hydrogens is 175 g/mol. The third-order valence-electron chi connectivity index (χ3n) is 1.83. The smallest absolute Gasteiger partial charge is 0.281 e. The fraction of sp³-hybridized carbons (Fsp3) is 0. The van der Waals surface area contributed by atoms with Crippen LogP contribution in [-0.4, -0.2) is 9.91 Å². The maximum absolute atomic E-state index is 13.0. The normalized spacial score (nSPS) is 10.5. The van der Waals surface area contributed by atoms with Gasteiger partial charge in [-0.2, -0.15) is 0 Å². The quantitative estimate of drug-likeness (QED) is 0.540. The molecule has 0 bridgehead atoms. The number of hydrogen-bond acceptors (Lipinski definition) is 2. The maximum atomic E-state index is 13.0. The van der Waals surface area contributed by atoms with E-state index in [0.717, 1.165) is 6.20 Å². The molecule has 0 aliphatic heterocycles. The van der Waals surface area contributed by atoms with Crippen molar-refractivity contribution in [2.45, 2.75) is 0 Å². The Labute approximate surface area is 72.1 Å². The predicted molar refractivity (Wildman–Crippen MR) is 44.9 cm³/mol. The summed E-state index contributed by atoms with van der Waals surface area (Å²) in [5.41, 5.74) is 0.225. The summed E-state index contributed by atoms with van der Waals surface area (Å²) in [6.07, 6.45) is 1.11. The fourth-order valence-corrected chi connectivity index (χ4v) is 1.28. The molecule has 2 aromatic rings. The molecule has 0 saturated heterocycles. The zero-order chi connectivity index (χ0) is 9.42. The first-order chi connectivity index (χ1) is 6.20. The molecule has 0 saturated carbocycles. The lowest BCUT2D eigenvalue weighted by molar-refractivity contribution is -0.383. The number of nitro benzene ring substituents is 1. The Hall–Kier alpha value is -1.91. The monoisotopic (exact) mass is 180 g/mol. The number of aromatic amines is 1. The van der Waals surface area contributed by atoms with Crippen LogP contribution in [0, 0.1) is 15.9 Å². The van der Waals surface area contributed by atoms with Gasteiger partial charge in [-0.25, -0.2) is 4.39 Å². The van der Waals surface area contributed by atoms with Gasteiger partial charge >= 0.3 is 0 Å². The van der Waals surface area contributed by atoms with Gasteiger partial charge in [-0.05, 0) is 6.07 Å². The first kappa shape index (κ1) is 7.72. The third-order valence-corrected chi connectivity index (χ3v) is 1.83. The van der Waals surface area contributed by atoms with Crippen LogP contribution in [0.5, 0.6) is 0 Å². The molecular formula is C8H5FN2O2. The summed E-state index contributed by atoms with van der Waals surface area (Å²) in [6, 6.07) is 4.38. The van der Waals surface area contributed by atoms with Crippen molar-refractivity contribution < 1.29 is 9.31 Å². The summed E-state index contributed by atoms with van der Waals surface area (Å²) < 4.78 is 13.0. The number of H-pyrrole nitrogens is 1. The minimum Gasteiger partial charge on any atom is -0.358 e. The lowest BCUT2D eigenvalue weighted by Gasteiger charge is -1.92. The van der Waals surface area contributed by atoms with E-state index in [1.165, 1.54) is 12.1 Å². The van der Waals surface area contributed by atoms with Crippen molar-refractivity contribution in [3.8, 4) is 0 Å². The lowest BCUT2D eigenvalue weighted by Crippen LogP contribution is -1.88. The SMILES string of the molecule is O=[N+]([O-])c1cccc2[nH]cc(F)c12. The van der Waals surface area contributed by atoms with Crippen molar-refractivity contribution in [1.29, 1.82) is 0 Å². The van der Waals surface area contributed by atoms with Gasteiger partial charge in [0.1, 0.15) is 5.39 Å². The summed E-state index contributed by atoms with van der Waals surface area (Å²) in [5, 5.41) is 10.5. The van der Waals surface area contributed by atoms with Crippen molar-refractivity contribution in [3.05, 3.63) is 40.3 Å². The molecule has 2 rings (SSSR count). The molecule has 0 aliphatic carbocycles. The highest BCUT2D eigenvalue weighted by Gasteiger charge is 2.15. The molecule has 0 spiro atoms. The fourth-order valence-electron chi connectivity index (χ4n) is 1.28. The second-order valence-corrected chi connectivity index (χ2v) is 2.59. The summed E-state index contributed by atoms with van der Waals surface area (Å²) in [4.78, 5) is 12.5. The van der Waals surface area contributed by atoms with E-state index in [9.17, 15) is 14.5 Å². The summed E-state index contributed by atoms with van der Waals surface area (Å²) in [7, 11) is 0. The van der Waals surface area contributed by atoms with Gasteiger partial charge in [0.2, 0.25) is 0 Å². The number of nitrogens with one attached hydrogen (secondary N) is 1. The van der Waals surface area contributed by atoms with Gasteiger partial charge in [-0.15, -0.1) is 0 Å². The van der Waals surface area contributed by atoms with Crippen molar-refractivity contribution in [2.75, 3.05) is 0 Å². The highest BCUT2D eigenvalue weighted by Crippen LogP contribution is 2.26. The number of rotatable bonds is 1. The van der Waals surface area contributed by atoms with Crippen molar-refractivity contribution in [3.63, 3.8) is 0 Å². The molecule has 4 nitrogen and oxygen atoms in total. The average molecular weight is 180 g/mol. The van der Waals surface area contributed by atoms with E-state index in [-0.39, 0.29) is 11.1 Å². The number of aromatic nitrogens is 1.